The van der Waals surface area contributed by atoms with Crippen molar-refractivity contribution in [3.05, 3.63) is 53.1 Å². The SMILES string of the molecule is COc1cccc(C(=O)N(CCCN(C)C)c2nc3ccc(Cl)cc3s2)c1.Cl. The van der Waals surface area contributed by atoms with Crippen LogP contribution in [-0.2, 0) is 0 Å². The first-order valence-corrected chi connectivity index (χ1v) is 9.84. The third-order valence-corrected chi connectivity index (χ3v) is 5.40. The van der Waals surface area contributed by atoms with Crippen molar-refractivity contribution in [3.63, 3.8) is 0 Å². The second-order valence-corrected chi connectivity index (χ2v) is 7.90. The normalized spacial score (nSPS) is 10.8. The number of amides is 1. The average Bonchev–Trinajstić information content (AvgIpc) is 3.07. The van der Waals surface area contributed by atoms with E-state index in [1.807, 2.05) is 44.4 Å². The Morgan fingerprint density at radius 3 is 2.68 bits per heavy atom. The van der Waals surface area contributed by atoms with Crippen LogP contribution in [0.1, 0.15) is 16.8 Å². The molecule has 1 heterocycles. The second kappa shape index (κ2) is 10.1. The van der Waals surface area contributed by atoms with E-state index in [0.717, 1.165) is 23.2 Å². The molecule has 0 radical (unpaired) electrons. The van der Waals surface area contributed by atoms with Crippen molar-refractivity contribution in [1.82, 2.24) is 9.88 Å². The van der Waals surface area contributed by atoms with E-state index >= 15 is 0 Å². The number of hydrogen-bond acceptors (Lipinski definition) is 5. The van der Waals surface area contributed by atoms with E-state index in [9.17, 15) is 4.79 Å². The smallest absolute Gasteiger partial charge is 0.260 e. The molecule has 2 aromatic carbocycles. The summed E-state index contributed by atoms with van der Waals surface area (Å²) in [6, 6.07) is 12.8. The molecule has 150 valence electrons. The summed E-state index contributed by atoms with van der Waals surface area (Å²) in [5, 5.41) is 1.34. The molecule has 0 fully saturated rings. The highest BCUT2D eigenvalue weighted by atomic mass is 35.5. The summed E-state index contributed by atoms with van der Waals surface area (Å²) in [5.74, 6) is 0.572. The van der Waals surface area contributed by atoms with Gasteiger partial charge >= 0.3 is 0 Å². The van der Waals surface area contributed by atoms with Gasteiger partial charge in [0.1, 0.15) is 5.75 Å². The molecule has 0 atom stereocenters. The first-order valence-electron chi connectivity index (χ1n) is 8.64. The van der Waals surface area contributed by atoms with Gasteiger partial charge in [-0.15, -0.1) is 12.4 Å². The van der Waals surface area contributed by atoms with Gasteiger partial charge in [0, 0.05) is 17.1 Å². The van der Waals surface area contributed by atoms with Crippen molar-refractivity contribution >= 4 is 56.6 Å². The van der Waals surface area contributed by atoms with Gasteiger partial charge in [0.2, 0.25) is 0 Å². The first-order chi connectivity index (χ1) is 13.0. The summed E-state index contributed by atoms with van der Waals surface area (Å²) >= 11 is 7.57. The minimum Gasteiger partial charge on any atom is -0.497 e. The van der Waals surface area contributed by atoms with Crippen LogP contribution in [0, 0.1) is 0 Å². The number of halogens is 2. The maximum absolute atomic E-state index is 13.2. The Bertz CT molecular complexity index is 946. The molecule has 0 unspecified atom stereocenters. The number of thiazole rings is 1. The van der Waals surface area contributed by atoms with Crippen molar-refractivity contribution in [3.8, 4) is 5.75 Å². The third-order valence-electron chi connectivity index (χ3n) is 4.12. The quantitative estimate of drug-likeness (QED) is 0.520. The van der Waals surface area contributed by atoms with Crippen molar-refractivity contribution in [1.29, 1.82) is 0 Å². The van der Waals surface area contributed by atoms with Gasteiger partial charge in [0.05, 0.1) is 17.3 Å². The van der Waals surface area contributed by atoms with Gasteiger partial charge < -0.3 is 9.64 Å². The minimum atomic E-state index is -0.0854. The summed E-state index contributed by atoms with van der Waals surface area (Å²) in [6.45, 7) is 1.47. The number of nitrogens with zero attached hydrogens (tertiary/aromatic N) is 3. The molecule has 1 amide bonds. The number of carbonyl (C=O) groups is 1. The summed E-state index contributed by atoms with van der Waals surface area (Å²) < 4.78 is 6.23. The zero-order chi connectivity index (χ0) is 19.4. The van der Waals surface area contributed by atoms with E-state index in [2.05, 4.69) is 9.88 Å². The van der Waals surface area contributed by atoms with Crippen LogP contribution >= 0.6 is 35.3 Å². The predicted molar refractivity (Wildman–Crippen MR) is 120 cm³/mol. The Morgan fingerprint density at radius 1 is 1.18 bits per heavy atom. The molecule has 0 saturated carbocycles. The van der Waals surface area contributed by atoms with Crippen LogP contribution in [0.5, 0.6) is 5.75 Å². The first kappa shape index (κ1) is 22.4. The minimum absolute atomic E-state index is 0. The summed E-state index contributed by atoms with van der Waals surface area (Å²) in [6.07, 6.45) is 0.847. The number of benzene rings is 2. The Hall–Kier alpha value is -1.86. The maximum Gasteiger partial charge on any atom is 0.260 e. The molecule has 0 aliphatic carbocycles. The number of rotatable bonds is 7. The number of aromatic nitrogens is 1. The second-order valence-electron chi connectivity index (χ2n) is 6.45. The van der Waals surface area contributed by atoms with Crippen LogP contribution in [0.2, 0.25) is 5.02 Å². The fourth-order valence-electron chi connectivity index (χ4n) is 2.74. The van der Waals surface area contributed by atoms with Gasteiger partial charge in [0.25, 0.3) is 5.91 Å². The fourth-order valence-corrected chi connectivity index (χ4v) is 4.01. The van der Waals surface area contributed by atoms with Gasteiger partial charge in [0.15, 0.2) is 5.13 Å². The molecule has 0 aliphatic rings. The zero-order valence-electron chi connectivity index (χ0n) is 16.0. The fraction of sp³-hybridized carbons (Fsp3) is 0.300. The molecular formula is C20H23Cl2N3O2S. The Kier molecular flexibility index (Phi) is 8.07. The van der Waals surface area contributed by atoms with Gasteiger partial charge in [-0.05, 0) is 63.5 Å². The lowest BCUT2D eigenvalue weighted by Crippen LogP contribution is -2.33. The Labute approximate surface area is 180 Å². The number of anilines is 1. The number of carbonyl (C=O) groups excluding carboxylic acids is 1. The van der Waals surface area contributed by atoms with Gasteiger partial charge in [-0.3, -0.25) is 9.69 Å². The molecule has 8 heteroatoms. The van der Waals surface area contributed by atoms with E-state index in [4.69, 9.17) is 16.3 Å². The maximum atomic E-state index is 13.2. The molecule has 0 bridgehead atoms. The lowest BCUT2D eigenvalue weighted by atomic mass is 10.2. The summed E-state index contributed by atoms with van der Waals surface area (Å²) in [7, 11) is 5.64. The highest BCUT2D eigenvalue weighted by Gasteiger charge is 2.21. The molecule has 3 aromatic rings. The van der Waals surface area contributed by atoms with Crippen LogP contribution in [-0.4, -0.2) is 50.1 Å². The van der Waals surface area contributed by atoms with Crippen molar-refractivity contribution in [2.75, 3.05) is 39.2 Å². The molecule has 28 heavy (non-hydrogen) atoms. The van der Waals surface area contributed by atoms with E-state index < -0.39 is 0 Å². The van der Waals surface area contributed by atoms with Crippen LogP contribution in [0.25, 0.3) is 10.2 Å². The highest BCUT2D eigenvalue weighted by molar-refractivity contribution is 7.22. The zero-order valence-corrected chi connectivity index (χ0v) is 18.4. The van der Waals surface area contributed by atoms with Crippen LogP contribution in [0.15, 0.2) is 42.5 Å². The van der Waals surface area contributed by atoms with Crippen molar-refractivity contribution in [2.24, 2.45) is 0 Å². The predicted octanol–water partition coefficient (Wildman–Crippen LogP) is 4.98. The van der Waals surface area contributed by atoms with E-state index in [0.29, 0.717) is 28.0 Å². The topological polar surface area (TPSA) is 45.7 Å². The lowest BCUT2D eigenvalue weighted by molar-refractivity contribution is 0.0985. The molecular weight excluding hydrogens is 417 g/mol. The van der Waals surface area contributed by atoms with Crippen molar-refractivity contribution in [2.45, 2.75) is 6.42 Å². The Balaban J connectivity index is 0.00000280. The van der Waals surface area contributed by atoms with Crippen LogP contribution < -0.4 is 9.64 Å². The van der Waals surface area contributed by atoms with E-state index in [1.54, 1.807) is 24.1 Å². The molecule has 0 N–H and O–H groups in total. The monoisotopic (exact) mass is 439 g/mol. The molecule has 0 aliphatic heterocycles. The average molecular weight is 440 g/mol. The molecule has 0 spiro atoms. The molecule has 1 aromatic heterocycles. The standard InChI is InChI=1S/C20H22ClN3O2S.ClH/c1-23(2)10-5-11-24(19(25)14-6-4-7-16(12-14)26-3)20-22-17-9-8-15(21)13-18(17)27-20;/h4,6-9,12-13H,5,10-11H2,1-3H3;1H. The number of fused-ring (bicyclic) bond motifs is 1. The number of ether oxygens (including phenoxy) is 1. The van der Waals surface area contributed by atoms with Gasteiger partial charge in [-0.1, -0.05) is 29.0 Å². The third kappa shape index (κ3) is 5.35. The van der Waals surface area contributed by atoms with E-state index in [-0.39, 0.29) is 18.3 Å². The van der Waals surface area contributed by atoms with Gasteiger partial charge in [-0.25, -0.2) is 4.98 Å². The Morgan fingerprint density at radius 2 is 1.96 bits per heavy atom. The molecule has 3 rings (SSSR count). The number of methoxy groups -OCH3 is 1. The molecule has 0 saturated heterocycles. The molecule has 5 nitrogen and oxygen atoms in total. The van der Waals surface area contributed by atoms with Crippen molar-refractivity contribution < 1.29 is 9.53 Å². The summed E-state index contributed by atoms with van der Waals surface area (Å²) in [5.41, 5.74) is 1.42. The number of hydrogen-bond donors (Lipinski definition) is 0. The largest absolute Gasteiger partial charge is 0.497 e. The van der Waals surface area contributed by atoms with Gasteiger partial charge in [-0.2, -0.15) is 0 Å². The van der Waals surface area contributed by atoms with E-state index in [1.165, 1.54) is 11.3 Å². The van der Waals surface area contributed by atoms with Crippen LogP contribution in [0.4, 0.5) is 5.13 Å². The lowest BCUT2D eigenvalue weighted by Gasteiger charge is -2.21. The van der Waals surface area contributed by atoms with Crippen LogP contribution in [0.3, 0.4) is 0 Å². The summed E-state index contributed by atoms with van der Waals surface area (Å²) in [4.78, 5) is 21.7. The highest BCUT2D eigenvalue weighted by Crippen LogP contribution is 2.32.